The highest BCUT2D eigenvalue weighted by Crippen LogP contribution is 2.46. The Kier molecular flexibility index (Phi) is 8.17. The summed E-state index contributed by atoms with van der Waals surface area (Å²) >= 11 is 0. The Balaban J connectivity index is 1.13. The minimum absolute atomic E-state index is 0.858. The monoisotopic (exact) mass is 775 g/mol. The molecule has 0 atom stereocenters. The van der Waals surface area contributed by atoms with Gasteiger partial charge in [0.05, 0.1) is 33.5 Å². The Morgan fingerprint density at radius 1 is 0.279 bits per heavy atom. The maximum Gasteiger partial charge on any atom is 0.0973 e. The van der Waals surface area contributed by atoms with E-state index in [1.165, 1.54) is 65.6 Å². The lowest BCUT2D eigenvalue weighted by molar-refractivity contribution is 1.18. The van der Waals surface area contributed by atoms with Crippen LogP contribution in [0.2, 0.25) is 0 Å². The van der Waals surface area contributed by atoms with E-state index >= 15 is 0 Å². The first kappa shape index (κ1) is 34.9. The van der Waals surface area contributed by atoms with Crippen LogP contribution in [0.15, 0.2) is 224 Å². The van der Waals surface area contributed by atoms with Crippen LogP contribution in [0.25, 0.3) is 116 Å². The van der Waals surface area contributed by atoms with Gasteiger partial charge in [0.15, 0.2) is 0 Å². The molecule has 0 saturated heterocycles. The maximum atomic E-state index is 5.33. The first-order valence-corrected chi connectivity index (χ1v) is 20.8. The van der Waals surface area contributed by atoms with E-state index in [-0.39, 0.29) is 0 Å². The van der Waals surface area contributed by atoms with E-state index in [9.17, 15) is 0 Å². The van der Waals surface area contributed by atoms with Crippen molar-refractivity contribution in [2.24, 2.45) is 0 Å². The summed E-state index contributed by atoms with van der Waals surface area (Å²) in [6, 6.07) is 80.4. The summed E-state index contributed by atoms with van der Waals surface area (Å²) in [5.41, 5.74) is 16.0. The summed E-state index contributed by atoms with van der Waals surface area (Å²) in [5.74, 6) is 0. The van der Waals surface area contributed by atoms with Gasteiger partial charge in [0.25, 0.3) is 0 Å². The predicted octanol–water partition coefficient (Wildman–Crippen LogP) is 15.4. The number of nitrogens with zero attached hydrogens (tertiary/aromatic N) is 3. The minimum Gasteiger partial charge on any atom is -0.309 e. The van der Waals surface area contributed by atoms with E-state index in [0.29, 0.717) is 0 Å². The fourth-order valence-electron chi connectivity index (χ4n) is 9.37. The van der Waals surface area contributed by atoms with Gasteiger partial charge in [-0.1, -0.05) is 188 Å². The molecule has 3 heteroatoms. The van der Waals surface area contributed by atoms with E-state index in [1.54, 1.807) is 0 Å². The molecular weight excluding hydrogens is 739 g/mol. The first-order chi connectivity index (χ1) is 30.3. The molecule has 0 aliphatic rings. The summed E-state index contributed by atoms with van der Waals surface area (Å²) in [6.07, 6.45) is 0. The molecule has 3 nitrogen and oxygen atoms in total. The summed E-state index contributed by atoms with van der Waals surface area (Å²) < 4.78 is 2.49. The molecule has 0 radical (unpaired) electrons. The molecule has 0 aliphatic carbocycles. The standard InChI is InChI=1S/C58H37N3/c1-5-18-38(19-6-1)49-36-53-55(47-30-15-13-28-45(47)49)56-48-31-16-14-29-46(48)50(39-20-7-2-8-21-39)37-54(56)61(53)44-27-17-26-42(34-44)43-32-33-51-52(35-43)60-58(41-24-11-4-12-25-41)57(59-51)40-22-9-3-10-23-40/h1-37H. The van der Waals surface area contributed by atoms with Crippen LogP contribution >= 0.6 is 0 Å². The van der Waals surface area contributed by atoms with Gasteiger partial charge < -0.3 is 4.57 Å². The molecule has 0 N–H and O–H groups in total. The molecule has 0 aliphatic heterocycles. The molecule has 12 aromatic rings. The van der Waals surface area contributed by atoms with Crippen molar-refractivity contribution in [3.05, 3.63) is 224 Å². The summed E-state index contributed by atoms with van der Waals surface area (Å²) in [5, 5.41) is 7.49. The van der Waals surface area contributed by atoms with E-state index in [4.69, 9.17) is 9.97 Å². The van der Waals surface area contributed by atoms with Crippen molar-refractivity contribution in [3.63, 3.8) is 0 Å². The van der Waals surface area contributed by atoms with E-state index in [1.807, 2.05) is 12.1 Å². The zero-order valence-corrected chi connectivity index (χ0v) is 33.2. The zero-order valence-electron chi connectivity index (χ0n) is 33.2. The van der Waals surface area contributed by atoms with Crippen molar-refractivity contribution >= 4 is 54.4 Å². The van der Waals surface area contributed by atoms with Crippen LogP contribution in [0.3, 0.4) is 0 Å². The molecule has 2 aromatic heterocycles. The second-order valence-electron chi connectivity index (χ2n) is 15.7. The van der Waals surface area contributed by atoms with Crippen LogP contribution in [0, 0.1) is 0 Å². The Hall–Kier alpha value is -8.14. The fraction of sp³-hybridized carbons (Fsp3) is 0. The third kappa shape index (κ3) is 5.82. The molecule has 0 spiro atoms. The van der Waals surface area contributed by atoms with Crippen LogP contribution in [0.1, 0.15) is 0 Å². The van der Waals surface area contributed by atoms with Gasteiger partial charge in [0.2, 0.25) is 0 Å². The van der Waals surface area contributed by atoms with Gasteiger partial charge >= 0.3 is 0 Å². The zero-order chi connectivity index (χ0) is 40.3. The SMILES string of the molecule is c1ccc(-c2nc3ccc(-c4cccc(-n5c6cc(-c7ccccc7)c7ccccc7c6c6c7ccccc7c(-c7ccccc7)cc65)c4)cc3nc2-c2ccccc2)cc1. The largest absolute Gasteiger partial charge is 0.309 e. The maximum absolute atomic E-state index is 5.33. The van der Waals surface area contributed by atoms with Crippen molar-refractivity contribution in [1.29, 1.82) is 0 Å². The summed E-state index contributed by atoms with van der Waals surface area (Å²) in [4.78, 5) is 10.6. The lowest BCUT2D eigenvalue weighted by Gasteiger charge is -2.14. The molecule has 10 aromatic carbocycles. The molecule has 0 amide bonds. The Morgan fingerprint density at radius 2 is 0.689 bits per heavy atom. The average Bonchev–Trinajstić information content (AvgIpc) is 3.68. The molecule has 0 saturated carbocycles. The smallest absolute Gasteiger partial charge is 0.0973 e. The first-order valence-electron chi connectivity index (χ1n) is 20.8. The topological polar surface area (TPSA) is 30.7 Å². The third-order valence-corrected chi connectivity index (χ3v) is 12.1. The normalized spacial score (nSPS) is 11.6. The third-order valence-electron chi connectivity index (χ3n) is 12.1. The van der Waals surface area contributed by atoms with Crippen LogP contribution in [0.5, 0.6) is 0 Å². The molecule has 0 unspecified atom stereocenters. The van der Waals surface area contributed by atoms with Gasteiger partial charge in [-0.25, -0.2) is 9.97 Å². The lowest BCUT2D eigenvalue weighted by atomic mass is 9.92. The van der Waals surface area contributed by atoms with Gasteiger partial charge in [0, 0.05) is 27.6 Å². The van der Waals surface area contributed by atoms with E-state index in [0.717, 1.165) is 50.4 Å². The molecule has 0 bridgehead atoms. The molecule has 61 heavy (non-hydrogen) atoms. The fourth-order valence-corrected chi connectivity index (χ4v) is 9.37. The van der Waals surface area contributed by atoms with Crippen LogP contribution < -0.4 is 0 Å². The highest BCUT2D eigenvalue weighted by Gasteiger charge is 2.22. The number of benzene rings is 10. The van der Waals surface area contributed by atoms with Gasteiger partial charge in [0.1, 0.15) is 0 Å². The van der Waals surface area contributed by atoms with Crippen molar-refractivity contribution < 1.29 is 0 Å². The Bertz CT molecular complexity index is 3480. The number of hydrogen-bond donors (Lipinski definition) is 0. The Morgan fingerprint density at radius 3 is 1.20 bits per heavy atom. The molecular formula is C58H37N3. The van der Waals surface area contributed by atoms with Crippen LogP contribution in [-0.2, 0) is 0 Å². The molecule has 284 valence electrons. The van der Waals surface area contributed by atoms with Crippen molar-refractivity contribution in [1.82, 2.24) is 14.5 Å². The van der Waals surface area contributed by atoms with Crippen LogP contribution in [0.4, 0.5) is 0 Å². The lowest BCUT2D eigenvalue weighted by Crippen LogP contribution is -1.97. The highest BCUT2D eigenvalue weighted by molar-refractivity contribution is 6.31. The average molecular weight is 776 g/mol. The van der Waals surface area contributed by atoms with Crippen molar-refractivity contribution in [2.75, 3.05) is 0 Å². The van der Waals surface area contributed by atoms with E-state index < -0.39 is 0 Å². The van der Waals surface area contributed by atoms with Gasteiger partial charge in [-0.15, -0.1) is 0 Å². The van der Waals surface area contributed by atoms with Crippen LogP contribution in [-0.4, -0.2) is 14.5 Å². The second-order valence-corrected chi connectivity index (χ2v) is 15.7. The number of hydrogen-bond acceptors (Lipinski definition) is 2. The van der Waals surface area contributed by atoms with Crippen molar-refractivity contribution in [3.8, 4) is 61.6 Å². The number of fused-ring (bicyclic) bond motifs is 8. The van der Waals surface area contributed by atoms with Crippen molar-refractivity contribution in [2.45, 2.75) is 0 Å². The number of rotatable bonds is 6. The van der Waals surface area contributed by atoms with E-state index in [2.05, 4.69) is 217 Å². The molecule has 0 fully saturated rings. The number of aromatic nitrogens is 3. The summed E-state index contributed by atoms with van der Waals surface area (Å²) in [6.45, 7) is 0. The van der Waals surface area contributed by atoms with Gasteiger partial charge in [-0.3, -0.25) is 0 Å². The predicted molar refractivity (Wildman–Crippen MR) is 256 cm³/mol. The highest BCUT2D eigenvalue weighted by atomic mass is 15.0. The second kappa shape index (κ2) is 14.3. The molecule has 12 rings (SSSR count). The molecule has 2 heterocycles. The quantitative estimate of drug-likeness (QED) is 0.168. The van der Waals surface area contributed by atoms with Gasteiger partial charge in [-0.05, 0) is 91.3 Å². The summed E-state index contributed by atoms with van der Waals surface area (Å²) in [7, 11) is 0. The minimum atomic E-state index is 0.858. The Labute approximate surface area is 353 Å². The van der Waals surface area contributed by atoms with Gasteiger partial charge in [-0.2, -0.15) is 0 Å².